The van der Waals surface area contributed by atoms with Crippen LogP contribution in [0.4, 0.5) is 0 Å². The van der Waals surface area contributed by atoms with Crippen molar-refractivity contribution in [3.8, 4) is 0 Å². The van der Waals surface area contributed by atoms with E-state index in [0.717, 1.165) is 44.3 Å². The summed E-state index contributed by atoms with van der Waals surface area (Å²) in [5.41, 5.74) is 2.32. The van der Waals surface area contributed by atoms with Gasteiger partial charge in [-0.15, -0.1) is 0 Å². The first-order chi connectivity index (χ1) is 15.5. The zero-order valence-corrected chi connectivity index (χ0v) is 20.9. The van der Waals surface area contributed by atoms with Gasteiger partial charge in [-0.3, -0.25) is 14.4 Å². The van der Waals surface area contributed by atoms with Crippen molar-refractivity contribution < 1.29 is 28.6 Å². The maximum Gasteiger partial charge on any atom is 0.307 e. The minimum Gasteiger partial charge on any atom is -0.463 e. The first-order valence-electron chi connectivity index (χ1n) is 12.4. The van der Waals surface area contributed by atoms with Gasteiger partial charge in [0.25, 0.3) is 0 Å². The molecule has 0 aromatic rings. The first-order valence-corrected chi connectivity index (χ1v) is 12.4. The van der Waals surface area contributed by atoms with Crippen LogP contribution in [0, 0.1) is 28.6 Å². The van der Waals surface area contributed by atoms with E-state index in [1.165, 1.54) is 31.9 Å². The van der Waals surface area contributed by atoms with Crippen molar-refractivity contribution in [2.24, 2.45) is 28.6 Å². The maximum atomic E-state index is 12.2. The van der Waals surface area contributed by atoms with E-state index in [4.69, 9.17) is 14.2 Å². The van der Waals surface area contributed by atoms with Crippen molar-refractivity contribution in [3.05, 3.63) is 23.0 Å². The van der Waals surface area contributed by atoms with E-state index < -0.39 is 0 Å². The van der Waals surface area contributed by atoms with Crippen LogP contribution < -0.4 is 0 Å². The van der Waals surface area contributed by atoms with Gasteiger partial charge >= 0.3 is 17.9 Å². The molecule has 0 saturated heterocycles. The predicted molar refractivity (Wildman–Crippen MR) is 123 cm³/mol. The van der Waals surface area contributed by atoms with E-state index in [-0.39, 0.29) is 46.9 Å². The van der Waals surface area contributed by atoms with Crippen molar-refractivity contribution in [1.29, 1.82) is 0 Å². The normalized spacial score (nSPS) is 38.3. The second kappa shape index (κ2) is 8.59. The average molecular weight is 459 g/mol. The van der Waals surface area contributed by atoms with Gasteiger partial charge in [0.1, 0.15) is 18.0 Å². The lowest BCUT2D eigenvalue weighted by molar-refractivity contribution is -0.152. The Kier molecular flexibility index (Phi) is 6.25. The molecule has 0 radical (unpaired) electrons. The van der Waals surface area contributed by atoms with Gasteiger partial charge in [-0.25, -0.2) is 0 Å². The van der Waals surface area contributed by atoms with Crippen molar-refractivity contribution >= 4 is 17.9 Å². The standard InChI is InChI=1S/C27H38O6/c1-15(31-16(2)28)22-9-10-23-21-8-7-19-13-20(32-17(3)29)11-12-26(19,5)25(21)24(33-18(4)30)14-27(22,23)6/h8,15,19-20,22-23H,7,9-14H2,1-6H3/t15-,19-,20-,22-,23+,26+,27+/m1/s1. The molecule has 6 heteroatoms. The summed E-state index contributed by atoms with van der Waals surface area (Å²) in [6.07, 6.45) is 8.37. The summed E-state index contributed by atoms with van der Waals surface area (Å²) in [6.45, 7) is 11.0. The molecule has 0 unspecified atom stereocenters. The second-order valence-electron chi connectivity index (χ2n) is 11.1. The van der Waals surface area contributed by atoms with Gasteiger partial charge in [-0.1, -0.05) is 19.9 Å². The Morgan fingerprint density at radius 2 is 1.76 bits per heavy atom. The lowest BCUT2D eigenvalue weighted by Crippen LogP contribution is -2.47. The molecule has 33 heavy (non-hydrogen) atoms. The molecule has 0 aromatic heterocycles. The van der Waals surface area contributed by atoms with E-state index in [0.29, 0.717) is 18.3 Å². The summed E-state index contributed by atoms with van der Waals surface area (Å²) in [5.74, 6) is 0.958. The monoisotopic (exact) mass is 458 g/mol. The van der Waals surface area contributed by atoms with E-state index in [2.05, 4.69) is 19.9 Å². The summed E-state index contributed by atoms with van der Waals surface area (Å²) in [5, 5.41) is 0. The topological polar surface area (TPSA) is 78.9 Å². The lowest BCUT2D eigenvalue weighted by atomic mass is 9.51. The summed E-state index contributed by atoms with van der Waals surface area (Å²) in [7, 11) is 0. The van der Waals surface area contributed by atoms with Crippen LogP contribution in [0.2, 0.25) is 0 Å². The molecule has 2 fully saturated rings. The van der Waals surface area contributed by atoms with Gasteiger partial charge in [-0.2, -0.15) is 0 Å². The number of carbonyl (C=O) groups excluding carboxylic acids is 3. The van der Waals surface area contributed by atoms with E-state index >= 15 is 0 Å². The fourth-order valence-corrected chi connectivity index (χ4v) is 7.72. The molecule has 0 N–H and O–H groups in total. The fourth-order valence-electron chi connectivity index (χ4n) is 7.72. The minimum atomic E-state index is -0.291. The van der Waals surface area contributed by atoms with Gasteiger partial charge < -0.3 is 14.2 Å². The molecule has 0 aliphatic heterocycles. The Balaban J connectivity index is 1.73. The third-order valence-electron chi connectivity index (χ3n) is 9.04. The Hall–Kier alpha value is -2.11. The van der Waals surface area contributed by atoms with Crippen LogP contribution in [-0.4, -0.2) is 30.1 Å². The zero-order chi connectivity index (χ0) is 24.1. The van der Waals surface area contributed by atoms with E-state index in [1.54, 1.807) is 0 Å². The zero-order valence-electron chi connectivity index (χ0n) is 20.9. The fraction of sp³-hybridized carbons (Fsp3) is 0.741. The van der Waals surface area contributed by atoms with Crippen LogP contribution in [-0.2, 0) is 28.6 Å². The predicted octanol–water partition coefficient (Wildman–Crippen LogP) is 5.26. The third kappa shape index (κ3) is 4.15. The number of carbonyl (C=O) groups is 3. The minimum absolute atomic E-state index is 0.0393. The van der Waals surface area contributed by atoms with Crippen molar-refractivity contribution in [2.75, 3.05) is 0 Å². The highest BCUT2D eigenvalue weighted by molar-refractivity contribution is 5.68. The summed E-state index contributed by atoms with van der Waals surface area (Å²) in [4.78, 5) is 35.4. The maximum absolute atomic E-state index is 12.2. The van der Waals surface area contributed by atoms with Crippen molar-refractivity contribution in [3.63, 3.8) is 0 Å². The molecule has 6 nitrogen and oxygen atoms in total. The van der Waals surface area contributed by atoms with Crippen LogP contribution in [0.15, 0.2) is 23.0 Å². The molecular formula is C27H38O6. The van der Waals surface area contributed by atoms with E-state index in [1.807, 2.05) is 6.92 Å². The highest BCUT2D eigenvalue weighted by atomic mass is 16.5. The average Bonchev–Trinajstić information content (AvgIpc) is 3.03. The Bertz CT molecular complexity index is 916. The van der Waals surface area contributed by atoms with Gasteiger partial charge in [0.15, 0.2) is 0 Å². The van der Waals surface area contributed by atoms with Crippen LogP contribution in [0.5, 0.6) is 0 Å². The smallest absolute Gasteiger partial charge is 0.307 e. The molecule has 0 aromatic carbocycles. The van der Waals surface area contributed by atoms with Crippen molar-refractivity contribution in [1.82, 2.24) is 0 Å². The summed E-state index contributed by atoms with van der Waals surface area (Å²) < 4.78 is 17.1. The number of fused-ring (bicyclic) bond motifs is 5. The van der Waals surface area contributed by atoms with Gasteiger partial charge in [-0.05, 0) is 79.3 Å². The van der Waals surface area contributed by atoms with E-state index in [9.17, 15) is 14.4 Å². The molecule has 4 aliphatic rings. The van der Waals surface area contributed by atoms with Crippen molar-refractivity contribution in [2.45, 2.75) is 98.7 Å². The van der Waals surface area contributed by atoms with Gasteiger partial charge in [0.05, 0.1) is 0 Å². The Morgan fingerprint density at radius 1 is 1.03 bits per heavy atom. The number of esters is 3. The Morgan fingerprint density at radius 3 is 2.39 bits per heavy atom. The molecule has 0 spiro atoms. The molecule has 0 amide bonds. The van der Waals surface area contributed by atoms with Gasteiger partial charge in [0.2, 0.25) is 0 Å². The van der Waals surface area contributed by atoms with Crippen LogP contribution in [0.25, 0.3) is 0 Å². The largest absolute Gasteiger partial charge is 0.463 e. The van der Waals surface area contributed by atoms with Crippen LogP contribution >= 0.6 is 0 Å². The molecule has 4 rings (SSSR count). The summed E-state index contributed by atoms with van der Waals surface area (Å²) in [6, 6.07) is 0. The SMILES string of the molecule is CC(=O)OC1=C2C(=CC[C@@H]3C[C@H](OC(C)=O)CC[C@]23C)[C@@H]2CC[C@H]([C@@H](C)OC(C)=O)[C@]2(C)C1. The number of allylic oxidation sites excluding steroid dienone is 4. The number of ether oxygens (including phenoxy) is 3. The second-order valence-corrected chi connectivity index (χ2v) is 11.1. The molecular weight excluding hydrogens is 420 g/mol. The van der Waals surface area contributed by atoms with Crippen LogP contribution in [0.3, 0.4) is 0 Å². The first kappa shape index (κ1) is 24.0. The third-order valence-corrected chi connectivity index (χ3v) is 9.04. The molecule has 2 saturated carbocycles. The Labute approximate surface area is 197 Å². The molecule has 0 heterocycles. The quantitative estimate of drug-likeness (QED) is 0.422. The molecule has 0 bridgehead atoms. The highest BCUT2D eigenvalue weighted by Gasteiger charge is 2.58. The van der Waals surface area contributed by atoms with Crippen LogP contribution in [0.1, 0.15) is 86.5 Å². The number of hydrogen-bond acceptors (Lipinski definition) is 6. The molecule has 7 atom stereocenters. The van der Waals surface area contributed by atoms with Gasteiger partial charge in [0, 0.05) is 33.1 Å². The number of rotatable bonds is 4. The number of hydrogen-bond donors (Lipinski definition) is 0. The lowest BCUT2D eigenvalue weighted by Gasteiger charge is -2.54. The summed E-state index contributed by atoms with van der Waals surface area (Å²) >= 11 is 0. The molecule has 182 valence electrons. The molecule has 4 aliphatic carbocycles. The highest BCUT2D eigenvalue weighted by Crippen LogP contribution is 2.66.